The van der Waals surface area contributed by atoms with E-state index in [-0.39, 0.29) is 24.1 Å². The van der Waals surface area contributed by atoms with Crippen LogP contribution in [0.2, 0.25) is 0 Å². The van der Waals surface area contributed by atoms with Crippen LogP contribution in [0.1, 0.15) is 21.9 Å². The third-order valence-electron chi connectivity index (χ3n) is 3.76. The summed E-state index contributed by atoms with van der Waals surface area (Å²) < 4.78 is 24.6. The predicted octanol–water partition coefficient (Wildman–Crippen LogP) is 4.66. The van der Waals surface area contributed by atoms with Gasteiger partial charge in [0.2, 0.25) is 0 Å². The standard InChI is InChI=1S/C21H20FNO3S/c22-19-9-5-4-6-16(19)15-27-13-12-23-21(24)20-11-10-18(26-20)14-25-17-7-2-1-3-8-17/h1-11H,12-15H2,(H,23,24). The Morgan fingerprint density at radius 1 is 1.04 bits per heavy atom. The van der Waals surface area contributed by atoms with Gasteiger partial charge in [0, 0.05) is 18.1 Å². The second kappa shape index (κ2) is 9.83. The van der Waals surface area contributed by atoms with E-state index in [4.69, 9.17) is 9.15 Å². The van der Waals surface area contributed by atoms with Crippen LogP contribution >= 0.6 is 11.8 Å². The summed E-state index contributed by atoms with van der Waals surface area (Å²) in [7, 11) is 0. The third-order valence-corrected chi connectivity index (χ3v) is 4.77. The smallest absolute Gasteiger partial charge is 0.287 e. The Hall–Kier alpha value is -2.73. The van der Waals surface area contributed by atoms with Gasteiger partial charge >= 0.3 is 0 Å². The van der Waals surface area contributed by atoms with E-state index in [0.717, 1.165) is 5.75 Å². The fourth-order valence-corrected chi connectivity index (χ4v) is 3.21. The van der Waals surface area contributed by atoms with Gasteiger partial charge in [-0.15, -0.1) is 0 Å². The average Bonchev–Trinajstić information content (AvgIpc) is 3.17. The molecule has 0 atom stereocenters. The molecule has 1 N–H and O–H groups in total. The number of furan rings is 1. The highest BCUT2D eigenvalue weighted by Gasteiger charge is 2.11. The van der Waals surface area contributed by atoms with Gasteiger partial charge in [-0.05, 0) is 35.9 Å². The highest BCUT2D eigenvalue weighted by atomic mass is 32.2. The van der Waals surface area contributed by atoms with Gasteiger partial charge in [-0.3, -0.25) is 4.79 Å². The summed E-state index contributed by atoms with van der Waals surface area (Å²) >= 11 is 1.56. The molecule has 3 rings (SSSR count). The average molecular weight is 385 g/mol. The fourth-order valence-electron chi connectivity index (χ4n) is 2.37. The molecule has 140 valence electrons. The first kappa shape index (κ1) is 19.0. The van der Waals surface area contributed by atoms with Crippen LogP contribution < -0.4 is 10.1 Å². The van der Waals surface area contributed by atoms with Gasteiger partial charge in [-0.1, -0.05) is 36.4 Å². The Morgan fingerprint density at radius 2 is 1.81 bits per heavy atom. The van der Waals surface area contributed by atoms with Gasteiger partial charge in [-0.25, -0.2) is 4.39 Å². The molecule has 3 aromatic rings. The molecule has 1 aromatic heterocycles. The summed E-state index contributed by atoms with van der Waals surface area (Å²) in [6.07, 6.45) is 0. The lowest BCUT2D eigenvalue weighted by molar-refractivity contribution is 0.0924. The highest BCUT2D eigenvalue weighted by molar-refractivity contribution is 7.98. The third kappa shape index (κ3) is 5.89. The minimum absolute atomic E-state index is 0.199. The SMILES string of the molecule is O=C(NCCSCc1ccccc1F)c1ccc(COc2ccccc2)o1. The fraction of sp³-hybridized carbons (Fsp3) is 0.190. The van der Waals surface area contributed by atoms with E-state index in [0.29, 0.717) is 29.4 Å². The Morgan fingerprint density at radius 3 is 2.63 bits per heavy atom. The summed E-state index contributed by atoms with van der Waals surface area (Å²) in [4.78, 5) is 12.1. The number of carbonyl (C=O) groups is 1. The van der Waals surface area contributed by atoms with Crippen molar-refractivity contribution in [1.82, 2.24) is 5.32 Å². The number of rotatable bonds is 9. The second-order valence-electron chi connectivity index (χ2n) is 5.77. The molecule has 1 amide bonds. The number of ether oxygens (including phenoxy) is 1. The lowest BCUT2D eigenvalue weighted by Crippen LogP contribution is -2.25. The van der Waals surface area contributed by atoms with Crippen LogP contribution in [0, 0.1) is 5.82 Å². The molecule has 0 fully saturated rings. The topological polar surface area (TPSA) is 51.5 Å². The van der Waals surface area contributed by atoms with Crippen LogP contribution in [-0.4, -0.2) is 18.2 Å². The van der Waals surface area contributed by atoms with Crippen molar-refractivity contribution in [3.8, 4) is 5.75 Å². The van der Waals surface area contributed by atoms with Gasteiger partial charge in [0.15, 0.2) is 5.76 Å². The summed E-state index contributed by atoms with van der Waals surface area (Å²) in [5.41, 5.74) is 0.669. The molecule has 1 heterocycles. The van der Waals surface area contributed by atoms with Crippen LogP contribution in [0.15, 0.2) is 71.1 Å². The van der Waals surface area contributed by atoms with Crippen molar-refractivity contribution in [2.45, 2.75) is 12.4 Å². The number of nitrogens with one attached hydrogen (secondary N) is 1. The number of hydrogen-bond donors (Lipinski definition) is 1. The van der Waals surface area contributed by atoms with Crippen LogP contribution in [0.3, 0.4) is 0 Å². The molecule has 0 saturated carbocycles. The largest absolute Gasteiger partial charge is 0.486 e. The van der Waals surface area contributed by atoms with E-state index in [2.05, 4.69) is 5.32 Å². The number of amides is 1. The maximum absolute atomic E-state index is 13.5. The van der Waals surface area contributed by atoms with E-state index in [1.54, 1.807) is 36.0 Å². The van der Waals surface area contributed by atoms with Crippen LogP contribution in [-0.2, 0) is 12.4 Å². The van der Waals surface area contributed by atoms with E-state index >= 15 is 0 Å². The summed E-state index contributed by atoms with van der Waals surface area (Å²) in [6, 6.07) is 19.5. The molecule has 6 heteroatoms. The number of halogens is 1. The van der Waals surface area contributed by atoms with Crippen molar-refractivity contribution in [3.05, 3.63) is 89.6 Å². The number of hydrogen-bond acceptors (Lipinski definition) is 4. The maximum Gasteiger partial charge on any atom is 0.287 e. The van der Waals surface area contributed by atoms with Crippen molar-refractivity contribution in [3.63, 3.8) is 0 Å². The van der Waals surface area contributed by atoms with Gasteiger partial charge in [0.25, 0.3) is 5.91 Å². The predicted molar refractivity (Wildman–Crippen MR) is 104 cm³/mol. The van der Waals surface area contributed by atoms with E-state index in [1.165, 1.54) is 6.07 Å². The first-order valence-corrected chi connectivity index (χ1v) is 9.74. The monoisotopic (exact) mass is 385 g/mol. The highest BCUT2D eigenvalue weighted by Crippen LogP contribution is 2.16. The molecule has 0 bridgehead atoms. The zero-order valence-corrected chi connectivity index (χ0v) is 15.5. The van der Waals surface area contributed by atoms with E-state index in [9.17, 15) is 9.18 Å². The number of para-hydroxylation sites is 1. The van der Waals surface area contributed by atoms with Gasteiger partial charge in [0.1, 0.15) is 23.9 Å². The zero-order chi connectivity index (χ0) is 18.9. The van der Waals surface area contributed by atoms with Gasteiger partial charge < -0.3 is 14.5 Å². The molecular weight excluding hydrogens is 365 g/mol. The Labute approximate surface area is 161 Å². The minimum Gasteiger partial charge on any atom is -0.486 e. The molecular formula is C21H20FNO3S. The number of benzene rings is 2. The first-order valence-electron chi connectivity index (χ1n) is 8.58. The molecule has 4 nitrogen and oxygen atoms in total. The first-order chi connectivity index (χ1) is 13.2. The summed E-state index contributed by atoms with van der Waals surface area (Å²) in [6.45, 7) is 0.740. The van der Waals surface area contributed by atoms with Crippen LogP contribution in [0.4, 0.5) is 4.39 Å². The van der Waals surface area contributed by atoms with Crippen molar-refractivity contribution >= 4 is 17.7 Å². The zero-order valence-electron chi connectivity index (χ0n) is 14.7. The Bertz CT molecular complexity index is 867. The second-order valence-corrected chi connectivity index (χ2v) is 6.87. The van der Waals surface area contributed by atoms with Crippen molar-refractivity contribution in [2.24, 2.45) is 0 Å². The van der Waals surface area contributed by atoms with Crippen molar-refractivity contribution < 1.29 is 18.3 Å². The van der Waals surface area contributed by atoms with Gasteiger partial charge in [0.05, 0.1) is 0 Å². The molecule has 0 aliphatic heterocycles. The van der Waals surface area contributed by atoms with E-state index < -0.39 is 0 Å². The molecule has 0 radical (unpaired) electrons. The minimum atomic E-state index is -0.271. The van der Waals surface area contributed by atoms with Crippen LogP contribution in [0.25, 0.3) is 0 Å². The molecule has 0 unspecified atom stereocenters. The normalized spacial score (nSPS) is 10.6. The molecule has 27 heavy (non-hydrogen) atoms. The number of carbonyl (C=O) groups excluding carboxylic acids is 1. The summed E-state index contributed by atoms with van der Waals surface area (Å²) in [5, 5.41) is 2.80. The summed E-state index contributed by atoms with van der Waals surface area (Å²) in [5.74, 6) is 2.36. The number of thioether (sulfide) groups is 1. The Balaban J connectivity index is 1.37. The van der Waals surface area contributed by atoms with Gasteiger partial charge in [-0.2, -0.15) is 11.8 Å². The quantitative estimate of drug-likeness (QED) is 0.544. The molecule has 0 spiro atoms. The van der Waals surface area contributed by atoms with Crippen molar-refractivity contribution in [2.75, 3.05) is 12.3 Å². The lowest BCUT2D eigenvalue weighted by atomic mass is 10.2. The van der Waals surface area contributed by atoms with E-state index in [1.807, 2.05) is 36.4 Å². The molecule has 0 aliphatic rings. The molecule has 2 aromatic carbocycles. The van der Waals surface area contributed by atoms with Crippen molar-refractivity contribution in [1.29, 1.82) is 0 Å². The van der Waals surface area contributed by atoms with Crippen LogP contribution in [0.5, 0.6) is 5.75 Å². The molecule has 0 saturated heterocycles. The lowest BCUT2D eigenvalue weighted by Gasteiger charge is -2.05. The maximum atomic E-state index is 13.5. The Kier molecular flexibility index (Phi) is 6.93. The molecule has 0 aliphatic carbocycles.